The molecule has 1 aliphatic rings. The van der Waals surface area contributed by atoms with Crippen LogP contribution in [-0.2, 0) is 16.2 Å². The number of carbonyl (C=O) groups is 2. The van der Waals surface area contributed by atoms with Gasteiger partial charge in [0.05, 0.1) is 11.6 Å². The molecule has 4 rings (SSSR count). The van der Waals surface area contributed by atoms with Crippen LogP contribution in [0.3, 0.4) is 0 Å². The minimum Gasteiger partial charge on any atom is -0.507 e. The Morgan fingerprint density at radius 1 is 1.00 bits per heavy atom. The first-order valence-corrected chi connectivity index (χ1v) is 12.5. The summed E-state index contributed by atoms with van der Waals surface area (Å²) in [6, 6.07) is 21.7. The van der Waals surface area contributed by atoms with Gasteiger partial charge < -0.3 is 19.6 Å². The van der Waals surface area contributed by atoms with E-state index in [0.717, 1.165) is 21.2 Å². The average molecular weight is 549 g/mol. The van der Waals surface area contributed by atoms with Crippen LogP contribution < -0.4 is 4.74 Å². The summed E-state index contributed by atoms with van der Waals surface area (Å²) in [6.07, 6.45) is 0. The molecule has 1 N–H and O–H groups in total. The summed E-state index contributed by atoms with van der Waals surface area (Å²) in [4.78, 5) is 29.6. The van der Waals surface area contributed by atoms with E-state index in [1.54, 1.807) is 24.3 Å². The lowest BCUT2D eigenvalue weighted by Crippen LogP contribution is -2.35. The lowest BCUT2D eigenvalue weighted by Gasteiger charge is -2.26. The van der Waals surface area contributed by atoms with Crippen molar-refractivity contribution in [3.8, 4) is 5.75 Å². The summed E-state index contributed by atoms with van der Waals surface area (Å²) in [7, 11) is 3.82. The largest absolute Gasteiger partial charge is 0.507 e. The normalized spacial score (nSPS) is 17.1. The molecule has 3 aromatic carbocycles. The predicted molar refractivity (Wildman–Crippen MR) is 144 cm³/mol. The maximum Gasteiger partial charge on any atom is 0.295 e. The van der Waals surface area contributed by atoms with E-state index in [1.807, 2.05) is 74.4 Å². The van der Waals surface area contributed by atoms with Crippen molar-refractivity contribution in [2.75, 3.05) is 27.2 Å². The van der Waals surface area contributed by atoms with Gasteiger partial charge >= 0.3 is 0 Å². The van der Waals surface area contributed by atoms with Crippen molar-refractivity contribution in [3.63, 3.8) is 0 Å². The second-order valence-electron chi connectivity index (χ2n) is 9.09. The molecule has 1 amide bonds. The highest BCUT2D eigenvalue weighted by Gasteiger charge is 2.45. The van der Waals surface area contributed by atoms with Crippen LogP contribution in [0.1, 0.15) is 28.3 Å². The van der Waals surface area contributed by atoms with Crippen molar-refractivity contribution in [3.05, 3.63) is 105 Å². The Morgan fingerprint density at radius 3 is 2.31 bits per heavy atom. The fourth-order valence-electron chi connectivity index (χ4n) is 4.21. The lowest BCUT2D eigenvalue weighted by atomic mass is 9.95. The van der Waals surface area contributed by atoms with Crippen LogP contribution in [0, 0.1) is 6.92 Å². The van der Waals surface area contributed by atoms with Crippen molar-refractivity contribution in [2.24, 2.45) is 0 Å². The summed E-state index contributed by atoms with van der Waals surface area (Å²) in [6.45, 7) is 3.42. The molecule has 0 spiro atoms. The molecule has 7 heteroatoms. The first-order valence-electron chi connectivity index (χ1n) is 11.7. The van der Waals surface area contributed by atoms with Gasteiger partial charge in [0.1, 0.15) is 18.1 Å². The quantitative estimate of drug-likeness (QED) is 0.234. The highest BCUT2D eigenvalue weighted by Crippen LogP contribution is 2.39. The molecule has 0 saturated carbocycles. The van der Waals surface area contributed by atoms with Crippen LogP contribution in [-0.4, -0.2) is 53.8 Å². The number of rotatable bonds is 8. The average Bonchev–Trinajstić information content (AvgIpc) is 3.12. The van der Waals surface area contributed by atoms with Gasteiger partial charge in [0.2, 0.25) is 0 Å². The van der Waals surface area contributed by atoms with Crippen LogP contribution in [0.5, 0.6) is 5.75 Å². The van der Waals surface area contributed by atoms with E-state index in [9.17, 15) is 14.7 Å². The summed E-state index contributed by atoms with van der Waals surface area (Å²) >= 11 is 3.43. The molecule has 1 unspecified atom stereocenters. The minimum absolute atomic E-state index is 0.0923. The fourth-order valence-corrected chi connectivity index (χ4v) is 4.47. The number of aliphatic hydroxyl groups is 1. The van der Waals surface area contributed by atoms with Gasteiger partial charge in [0.25, 0.3) is 11.7 Å². The Labute approximate surface area is 219 Å². The molecule has 36 heavy (non-hydrogen) atoms. The van der Waals surface area contributed by atoms with E-state index in [1.165, 1.54) is 4.90 Å². The van der Waals surface area contributed by atoms with Gasteiger partial charge in [0, 0.05) is 23.1 Å². The molecule has 6 nitrogen and oxygen atoms in total. The fraction of sp³-hybridized carbons (Fsp3) is 0.241. The zero-order chi connectivity index (χ0) is 25.8. The van der Waals surface area contributed by atoms with Crippen molar-refractivity contribution >= 4 is 33.4 Å². The number of carbonyl (C=O) groups excluding carboxylic acids is 2. The second kappa shape index (κ2) is 11.1. The molecule has 0 radical (unpaired) electrons. The molecule has 1 saturated heterocycles. The maximum atomic E-state index is 13.1. The lowest BCUT2D eigenvalue weighted by molar-refractivity contribution is -0.140. The van der Waals surface area contributed by atoms with E-state index >= 15 is 0 Å². The maximum absolute atomic E-state index is 13.1. The van der Waals surface area contributed by atoms with E-state index in [0.29, 0.717) is 31.0 Å². The predicted octanol–water partition coefficient (Wildman–Crippen LogP) is 5.32. The number of Topliss-reactive ketones (excluding diaryl/α,β-unsaturated/α-hetero) is 1. The second-order valence-corrected chi connectivity index (χ2v) is 10.0. The van der Waals surface area contributed by atoms with Crippen LogP contribution in [0.4, 0.5) is 0 Å². The van der Waals surface area contributed by atoms with Gasteiger partial charge in [-0.25, -0.2) is 0 Å². The van der Waals surface area contributed by atoms with Crippen molar-refractivity contribution in [1.29, 1.82) is 0 Å². The molecular weight excluding hydrogens is 520 g/mol. The highest BCUT2D eigenvalue weighted by molar-refractivity contribution is 9.10. The molecular formula is C29H29BrN2O4. The van der Waals surface area contributed by atoms with Crippen LogP contribution in [0.2, 0.25) is 0 Å². The van der Waals surface area contributed by atoms with Gasteiger partial charge in [-0.1, -0.05) is 52.3 Å². The number of hydrogen-bond donors (Lipinski definition) is 1. The van der Waals surface area contributed by atoms with Crippen molar-refractivity contribution in [2.45, 2.75) is 19.6 Å². The molecule has 0 aromatic heterocycles. The van der Waals surface area contributed by atoms with E-state index in [2.05, 4.69) is 15.9 Å². The van der Waals surface area contributed by atoms with E-state index < -0.39 is 17.7 Å². The summed E-state index contributed by atoms with van der Waals surface area (Å²) < 4.78 is 6.80. The number of benzene rings is 3. The Morgan fingerprint density at radius 2 is 1.67 bits per heavy atom. The van der Waals surface area contributed by atoms with Crippen LogP contribution in [0.25, 0.3) is 5.76 Å². The zero-order valence-corrected chi connectivity index (χ0v) is 22.2. The van der Waals surface area contributed by atoms with E-state index in [4.69, 9.17) is 4.74 Å². The molecule has 1 atom stereocenters. The van der Waals surface area contributed by atoms with Crippen molar-refractivity contribution < 1.29 is 19.4 Å². The summed E-state index contributed by atoms with van der Waals surface area (Å²) in [5.74, 6) is -0.840. The first kappa shape index (κ1) is 25.7. The SMILES string of the molecule is Cc1ccccc1COc1ccc(/C(O)=C2\C(=O)C(=O)N(CCN(C)C)C2c2ccc(Br)cc2)cc1. The number of hydrogen-bond acceptors (Lipinski definition) is 5. The molecule has 1 fully saturated rings. The number of halogens is 1. The van der Waals surface area contributed by atoms with Gasteiger partial charge in [-0.15, -0.1) is 0 Å². The Hall–Kier alpha value is -3.42. The number of nitrogens with zero attached hydrogens (tertiary/aromatic N) is 2. The molecule has 3 aromatic rings. The number of likely N-dealkylation sites (N-methyl/N-ethyl adjacent to an activating group) is 1. The summed E-state index contributed by atoms with van der Waals surface area (Å²) in [5, 5.41) is 11.2. The van der Waals surface area contributed by atoms with Gasteiger partial charge in [-0.3, -0.25) is 9.59 Å². The number of aliphatic hydroxyl groups excluding tert-OH is 1. The third-order valence-electron chi connectivity index (χ3n) is 6.30. The van der Waals surface area contributed by atoms with Gasteiger partial charge in [-0.05, 0) is 74.1 Å². The topological polar surface area (TPSA) is 70.1 Å². The molecule has 186 valence electrons. The summed E-state index contributed by atoms with van der Waals surface area (Å²) in [5.41, 5.74) is 3.55. The standard InChI is InChI=1S/C29H29BrN2O4/c1-19-6-4-5-7-22(19)18-36-24-14-10-21(11-15-24)27(33)25-26(20-8-12-23(30)13-9-20)32(17-16-31(2)3)29(35)28(25)34/h4-15,26,33H,16-18H2,1-3H3/b27-25+. The van der Waals surface area contributed by atoms with Crippen LogP contribution >= 0.6 is 15.9 Å². The number of ether oxygens (including phenoxy) is 1. The zero-order valence-electron chi connectivity index (χ0n) is 20.6. The Kier molecular flexibility index (Phi) is 7.91. The van der Waals surface area contributed by atoms with Crippen molar-refractivity contribution in [1.82, 2.24) is 9.80 Å². The molecule has 0 bridgehead atoms. The highest BCUT2D eigenvalue weighted by atomic mass is 79.9. The Balaban J connectivity index is 1.64. The molecule has 1 aliphatic heterocycles. The smallest absolute Gasteiger partial charge is 0.295 e. The minimum atomic E-state index is -0.681. The number of ketones is 1. The third-order valence-corrected chi connectivity index (χ3v) is 6.83. The first-order chi connectivity index (χ1) is 17.3. The Bertz CT molecular complexity index is 1280. The number of likely N-dealkylation sites (tertiary alicyclic amines) is 1. The number of amides is 1. The molecule has 0 aliphatic carbocycles. The third kappa shape index (κ3) is 5.53. The monoisotopic (exact) mass is 548 g/mol. The van der Waals surface area contributed by atoms with Gasteiger partial charge in [-0.2, -0.15) is 0 Å². The van der Waals surface area contributed by atoms with Gasteiger partial charge in [0.15, 0.2) is 0 Å². The molecule has 1 heterocycles. The number of aryl methyl sites for hydroxylation is 1. The van der Waals surface area contributed by atoms with E-state index in [-0.39, 0.29) is 11.3 Å². The van der Waals surface area contributed by atoms with Crippen LogP contribution in [0.15, 0.2) is 82.8 Å².